The SMILES string of the molecule is CCOc1ccc(N)cc1S(=O)(=O)NC(C)c1cccs1. The molecule has 0 fully saturated rings. The van der Waals surface area contributed by atoms with Crippen LogP contribution >= 0.6 is 11.3 Å². The fourth-order valence-corrected chi connectivity index (χ4v) is 4.11. The predicted octanol–water partition coefficient (Wildman–Crippen LogP) is 2.77. The first-order valence-electron chi connectivity index (χ1n) is 6.52. The van der Waals surface area contributed by atoms with Crippen molar-refractivity contribution in [2.24, 2.45) is 0 Å². The van der Waals surface area contributed by atoms with Gasteiger partial charge in [0.25, 0.3) is 0 Å². The van der Waals surface area contributed by atoms with Crippen molar-refractivity contribution in [3.8, 4) is 5.75 Å². The minimum absolute atomic E-state index is 0.0627. The second kappa shape index (κ2) is 6.46. The van der Waals surface area contributed by atoms with Gasteiger partial charge in [-0.15, -0.1) is 11.3 Å². The van der Waals surface area contributed by atoms with Gasteiger partial charge in [0, 0.05) is 10.6 Å². The zero-order valence-corrected chi connectivity index (χ0v) is 13.5. The van der Waals surface area contributed by atoms with Gasteiger partial charge in [0.15, 0.2) is 0 Å². The average molecular weight is 326 g/mol. The molecule has 1 aromatic carbocycles. The highest BCUT2D eigenvalue weighted by molar-refractivity contribution is 7.89. The number of nitrogen functional groups attached to an aromatic ring is 1. The van der Waals surface area contributed by atoms with Gasteiger partial charge in [0.1, 0.15) is 10.6 Å². The van der Waals surface area contributed by atoms with Gasteiger partial charge in [-0.25, -0.2) is 13.1 Å². The smallest absolute Gasteiger partial charge is 0.244 e. The maximum absolute atomic E-state index is 12.5. The third-order valence-corrected chi connectivity index (χ3v) is 5.48. The number of ether oxygens (including phenoxy) is 1. The number of nitrogens with one attached hydrogen (secondary N) is 1. The van der Waals surface area contributed by atoms with Crippen LogP contribution in [0.5, 0.6) is 5.75 Å². The number of rotatable bonds is 6. The molecular weight excluding hydrogens is 308 g/mol. The molecule has 1 aromatic heterocycles. The maximum Gasteiger partial charge on any atom is 0.244 e. The Morgan fingerprint density at radius 2 is 2.14 bits per heavy atom. The zero-order chi connectivity index (χ0) is 15.5. The second-order valence-corrected chi connectivity index (χ2v) is 7.16. The van der Waals surface area contributed by atoms with Gasteiger partial charge in [0.2, 0.25) is 10.0 Å². The molecule has 2 aromatic rings. The molecule has 0 spiro atoms. The molecule has 1 atom stereocenters. The number of nitrogens with two attached hydrogens (primary N) is 1. The van der Waals surface area contributed by atoms with Crippen molar-refractivity contribution in [1.82, 2.24) is 4.72 Å². The highest BCUT2D eigenvalue weighted by Crippen LogP contribution is 2.28. The zero-order valence-electron chi connectivity index (χ0n) is 11.9. The Labute approximate surface area is 128 Å². The normalized spacial score (nSPS) is 13.0. The third-order valence-electron chi connectivity index (χ3n) is 2.86. The van der Waals surface area contributed by atoms with E-state index in [1.54, 1.807) is 26.0 Å². The van der Waals surface area contributed by atoms with Crippen molar-refractivity contribution >= 4 is 27.0 Å². The number of sulfonamides is 1. The van der Waals surface area contributed by atoms with Gasteiger partial charge in [-0.05, 0) is 43.5 Å². The fourth-order valence-electron chi connectivity index (χ4n) is 1.90. The summed E-state index contributed by atoms with van der Waals surface area (Å²) in [6.07, 6.45) is 0. The number of benzene rings is 1. The molecule has 1 heterocycles. The molecule has 0 saturated heterocycles. The molecule has 0 aliphatic rings. The van der Waals surface area contributed by atoms with E-state index in [9.17, 15) is 8.42 Å². The van der Waals surface area contributed by atoms with Crippen molar-refractivity contribution in [3.63, 3.8) is 0 Å². The largest absolute Gasteiger partial charge is 0.492 e. The Morgan fingerprint density at radius 3 is 2.76 bits per heavy atom. The van der Waals surface area contributed by atoms with Gasteiger partial charge in [-0.3, -0.25) is 0 Å². The molecule has 0 saturated carbocycles. The number of hydrogen-bond acceptors (Lipinski definition) is 5. The van der Waals surface area contributed by atoms with Crippen LogP contribution in [-0.4, -0.2) is 15.0 Å². The molecule has 114 valence electrons. The molecule has 5 nitrogen and oxygen atoms in total. The van der Waals surface area contributed by atoms with Gasteiger partial charge in [0.05, 0.1) is 12.6 Å². The highest BCUT2D eigenvalue weighted by Gasteiger charge is 2.23. The van der Waals surface area contributed by atoms with Crippen LogP contribution in [0.15, 0.2) is 40.6 Å². The van der Waals surface area contributed by atoms with Crippen LogP contribution in [0.4, 0.5) is 5.69 Å². The summed E-state index contributed by atoms with van der Waals surface area (Å²) in [6, 6.07) is 8.06. The van der Waals surface area contributed by atoms with Crippen LogP contribution in [0.2, 0.25) is 0 Å². The summed E-state index contributed by atoms with van der Waals surface area (Å²) in [6.45, 7) is 3.98. The van der Waals surface area contributed by atoms with E-state index in [2.05, 4.69) is 4.72 Å². The van der Waals surface area contributed by atoms with Gasteiger partial charge >= 0.3 is 0 Å². The molecule has 0 aliphatic heterocycles. The second-order valence-electron chi connectivity index (χ2n) is 4.50. The first kappa shape index (κ1) is 15.8. The molecule has 7 heteroatoms. The van der Waals surface area contributed by atoms with Crippen molar-refractivity contribution in [3.05, 3.63) is 40.6 Å². The third kappa shape index (κ3) is 3.75. The fraction of sp³-hybridized carbons (Fsp3) is 0.286. The summed E-state index contributed by atoms with van der Waals surface area (Å²) in [5.41, 5.74) is 6.08. The number of thiophene rings is 1. The summed E-state index contributed by atoms with van der Waals surface area (Å²) in [7, 11) is -3.71. The summed E-state index contributed by atoms with van der Waals surface area (Å²) in [5.74, 6) is 0.303. The quantitative estimate of drug-likeness (QED) is 0.800. The summed E-state index contributed by atoms with van der Waals surface area (Å²) in [5, 5.41) is 1.91. The molecule has 0 radical (unpaired) electrons. The van der Waals surface area contributed by atoms with E-state index in [-0.39, 0.29) is 10.9 Å². The van der Waals surface area contributed by atoms with Crippen molar-refractivity contribution in [2.75, 3.05) is 12.3 Å². The summed E-state index contributed by atoms with van der Waals surface area (Å²) in [4.78, 5) is 1.01. The van der Waals surface area contributed by atoms with E-state index in [4.69, 9.17) is 10.5 Å². The highest BCUT2D eigenvalue weighted by atomic mass is 32.2. The maximum atomic E-state index is 12.5. The van der Waals surface area contributed by atoms with Crippen LogP contribution in [0.1, 0.15) is 24.8 Å². The summed E-state index contributed by atoms with van der Waals surface area (Å²) < 4.78 is 33.1. The lowest BCUT2D eigenvalue weighted by molar-refractivity contribution is 0.331. The lowest BCUT2D eigenvalue weighted by Crippen LogP contribution is -2.27. The Hall–Kier alpha value is -1.57. The molecule has 21 heavy (non-hydrogen) atoms. The monoisotopic (exact) mass is 326 g/mol. The molecule has 1 unspecified atom stereocenters. The van der Waals surface area contributed by atoms with Crippen LogP contribution in [-0.2, 0) is 10.0 Å². The number of hydrogen-bond donors (Lipinski definition) is 2. The molecule has 2 rings (SSSR count). The first-order valence-corrected chi connectivity index (χ1v) is 8.88. The van der Waals surface area contributed by atoms with E-state index in [1.165, 1.54) is 17.4 Å². The molecule has 0 bridgehead atoms. The lowest BCUT2D eigenvalue weighted by atomic mass is 10.3. The minimum Gasteiger partial charge on any atom is -0.492 e. The van der Waals surface area contributed by atoms with E-state index in [0.29, 0.717) is 18.0 Å². The minimum atomic E-state index is -3.71. The van der Waals surface area contributed by atoms with E-state index < -0.39 is 10.0 Å². The van der Waals surface area contributed by atoms with Gasteiger partial charge in [-0.2, -0.15) is 0 Å². The van der Waals surface area contributed by atoms with E-state index in [0.717, 1.165) is 4.88 Å². The van der Waals surface area contributed by atoms with Crippen molar-refractivity contribution in [1.29, 1.82) is 0 Å². The van der Waals surface area contributed by atoms with Gasteiger partial charge < -0.3 is 10.5 Å². The Bertz CT molecular complexity index is 697. The van der Waals surface area contributed by atoms with Crippen LogP contribution < -0.4 is 15.2 Å². The van der Waals surface area contributed by atoms with Gasteiger partial charge in [-0.1, -0.05) is 6.07 Å². The molecular formula is C14H18N2O3S2. The Balaban J connectivity index is 2.33. The predicted molar refractivity (Wildman–Crippen MR) is 85.1 cm³/mol. The standard InChI is InChI=1S/C14H18N2O3S2/c1-3-19-12-7-6-11(15)9-14(12)21(17,18)16-10(2)13-5-4-8-20-13/h4-10,16H,3,15H2,1-2H3. The van der Waals surface area contributed by atoms with E-state index in [1.807, 2.05) is 17.5 Å². The van der Waals surface area contributed by atoms with Crippen molar-refractivity contribution in [2.45, 2.75) is 24.8 Å². The molecule has 0 amide bonds. The topological polar surface area (TPSA) is 81.4 Å². The first-order chi connectivity index (χ1) is 9.94. The Kier molecular flexibility index (Phi) is 4.87. The number of anilines is 1. The van der Waals surface area contributed by atoms with E-state index >= 15 is 0 Å². The Morgan fingerprint density at radius 1 is 1.38 bits per heavy atom. The average Bonchev–Trinajstić information content (AvgIpc) is 2.94. The molecule has 3 N–H and O–H groups in total. The van der Waals surface area contributed by atoms with Crippen LogP contribution in [0, 0.1) is 0 Å². The lowest BCUT2D eigenvalue weighted by Gasteiger charge is -2.16. The van der Waals surface area contributed by atoms with Crippen LogP contribution in [0.25, 0.3) is 0 Å². The van der Waals surface area contributed by atoms with Crippen molar-refractivity contribution < 1.29 is 13.2 Å². The van der Waals surface area contributed by atoms with Crippen LogP contribution in [0.3, 0.4) is 0 Å². The molecule has 0 aliphatic carbocycles. The summed E-state index contributed by atoms with van der Waals surface area (Å²) >= 11 is 1.50.